The Bertz CT molecular complexity index is 1740. The normalized spacial score (nSPS) is 9.71. The minimum Gasteiger partial charge on any atom is -0.478 e. The van der Waals surface area contributed by atoms with Crippen LogP contribution in [0.2, 0.25) is 0 Å². The molecule has 228 valence electrons. The van der Waals surface area contributed by atoms with Crippen LogP contribution in [0, 0.1) is 36.5 Å². The van der Waals surface area contributed by atoms with Crippen LogP contribution < -0.4 is 14.8 Å². The summed E-state index contributed by atoms with van der Waals surface area (Å²) in [6.07, 6.45) is 1.87. The van der Waals surface area contributed by atoms with Gasteiger partial charge in [-0.2, -0.15) is 10.5 Å². The number of aryl methyl sites for hydroxylation is 2. The van der Waals surface area contributed by atoms with Crippen molar-refractivity contribution in [1.29, 1.82) is 10.5 Å². The standard InChI is InChI=1S/C16H16N2O.C15H11NO2.C4H4O4/c1-12-6-7-14(10-17)16(8-12)19-15-5-3-4-13(9-15)11-18-2;1-11-5-6-13(9-16)15(7-11)18-14-4-2-3-12(8-14)10-17;5-3(6)1-2-4(7)8/h3-9,18H,11H2,1-2H3;2-8,10H,1H3;1-2H,(H,5,6)(H,7,8)/b;;2-1+. The molecule has 4 aromatic carbocycles. The fourth-order valence-electron chi connectivity index (χ4n) is 3.58. The average Bonchev–Trinajstić information content (AvgIpc) is 3.01. The van der Waals surface area contributed by atoms with E-state index in [1.165, 1.54) is 0 Å². The largest absolute Gasteiger partial charge is 0.478 e. The van der Waals surface area contributed by atoms with Gasteiger partial charge in [0.15, 0.2) is 0 Å². The van der Waals surface area contributed by atoms with Gasteiger partial charge in [0, 0.05) is 24.3 Å². The molecule has 0 radical (unpaired) electrons. The number of aldehydes is 1. The number of carboxylic acids is 2. The van der Waals surface area contributed by atoms with Crippen LogP contribution in [0.5, 0.6) is 23.0 Å². The zero-order valence-corrected chi connectivity index (χ0v) is 24.9. The lowest BCUT2D eigenvalue weighted by Crippen LogP contribution is -2.04. The van der Waals surface area contributed by atoms with Crippen LogP contribution in [0.3, 0.4) is 0 Å². The molecule has 45 heavy (non-hydrogen) atoms. The highest BCUT2D eigenvalue weighted by atomic mass is 16.5. The molecular formula is C35H31N3O7. The van der Waals surface area contributed by atoms with Crippen LogP contribution in [-0.4, -0.2) is 35.5 Å². The Morgan fingerprint density at radius 2 is 1.24 bits per heavy atom. The summed E-state index contributed by atoms with van der Waals surface area (Å²) in [6.45, 7) is 4.69. The quantitative estimate of drug-likeness (QED) is 0.140. The molecule has 0 aliphatic heterocycles. The topological polar surface area (TPSA) is 170 Å². The summed E-state index contributed by atoms with van der Waals surface area (Å²) in [5.41, 5.74) is 4.78. The lowest BCUT2D eigenvalue weighted by Gasteiger charge is -2.09. The molecule has 10 nitrogen and oxygen atoms in total. The lowest BCUT2D eigenvalue weighted by atomic mass is 10.1. The smallest absolute Gasteiger partial charge is 0.328 e. The van der Waals surface area contributed by atoms with Gasteiger partial charge in [0.05, 0.1) is 11.1 Å². The van der Waals surface area contributed by atoms with Gasteiger partial charge in [0.1, 0.15) is 41.4 Å². The molecule has 3 N–H and O–H groups in total. The first kappa shape index (κ1) is 35.0. The fraction of sp³-hybridized carbons (Fsp3) is 0.114. The highest BCUT2D eigenvalue weighted by Gasteiger charge is 2.07. The Kier molecular flexibility index (Phi) is 14.3. The van der Waals surface area contributed by atoms with Gasteiger partial charge in [0.2, 0.25) is 0 Å². The van der Waals surface area contributed by atoms with E-state index < -0.39 is 11.9 Å². The van der Waals surface area contributed by atoms with Crippen molar-refractivity contribution < 1.29 is 34.1 Å². The number of nitrogens with zero attached hydrogens (tertiary/aromatic N) is 2. The van der Waals surface area contributed by atoms with Crippen LogP contribution in [-0.2, 0) is 16.1 Å². The number of carbonyl (C=O) groups excluding carboxylic acids is 1. The molecule has 0 unspecified atom stereocenters. The van der Waals surface area contributed by atoms with E-state index in [4.69, 9.17) is 30.2 Å². The number of ether oxygens (including phenoxy) is 2. The first-order chi connectivity index (χ1) is 21.6. The molecule has 0 saturated carbocycles. The number of nitrogens with one attached hydrogen (secondary N) is 1. The summed E-state index contributed by atoms with van der Waals surface area (Å²) in [4.78, 5) is 29.8. The van der Waals surface area contributed by atoms with Crippen LogP contribution in [0.25, 0.3) is 0 Å². The van der Waals surface area contributed by atoms with Crippen molar-refractivity contribution >= 4 is 18.2 Å². The third-order valence-electron chi connectivity index (χ3n) is 5.61. The van der Waals surface area contributed by atoms with Gasteiger partial charge < -0.3 is 25.0 Å². The fourth-order valence-corrected chi connectivity index (χ4v) is 3.58. The lowest BCUT2D eigenvalue weighted by molar-refractivity contribution is -0.134. The van der Waals surface area contributed by atoms with Crippen molar-refractivity contribution in [2.75, 3.05) is 7.05 Å². The zero-order chi connectivity index (χ0) is 33.2. The SMILES string of the molecule is CNCc1cccc(Oc2cc(C)ccc2C#N)c1.Cc1ccc(C#N)c(Oc2cccc(C=O)c2)c1.O=C(O)/C=C/C(=O)O. The van der Waals surface area contributed by atoms with E-state index in [2.05, 4.69) is 17.5 Å². The van der Waals surface area contributed by atoms with Crippen molar-refractivity contribution in [2.45, 2.75) is 20.4 Å². The third kappa shape index (κ3) is 12.7. The van der Waals surface area contributed by atoms with E-state index in [1.807, 2.05) is 63.4 Å². The highest BCUT2D eigenvalue weighted by molar-refractivity contribution is 5.89. The molecule has 4 aromatic rings. The predicted molar refractivity (Wildman–Crippen MR) is 167 cm³/mol. The molecule has 0 aliphatic carbocycles. The van der Waals surface area contributed by atoms with Gasteiger partial charge in [-0.15, -0.1) is 0 Å². The first-order valence-electron chi connectivity index (χ1n) is 13.4. The highest BCUT2D eigenvalue weighted by Crippen LogP contribution is 2.27. The molecule has 0 spiro atoms. The van der Waals surface area contributed by atoms with E-state index in [-0.39, 0.29) is 0 Å². The van der Waals surface area contributed by atoms with Crippen LogP contribution in [0.15, 0.2) is 97.1 Å². The van der Waals surface area contributed by atoms with E-state index in [9.17, 15) is 14.4 Å². The van der Waals surface area contributed by atoms with Crippen molar-refractivity contribution in [3.05, 3.63) is 130 Å². The summed E-state index contributed by atoms with van der Waals surface area (Å²) >= 11 is 0. The van der Waals surface area contributed by atoms with Crippen molar-refractivity contribution in [3.63, 3.8) is 0 Å². The summed E-state index contributed by atoms with van der Waals surface area (Å²) < 4.78 is 11.5. The number of hydrogen-bond acceptors (Lipinski definition) is 8. The molecule has 0 heterocycles. The molecule has 0 amide bonds. The first-order valence-corrected chi connectivity index (χ1v) is 13.4. The Morgan fingerprint density at radius 3 is 1.69 bits per heavy atom. The molecule has 0 atom stereocenters. The minimum absolute atomic E-state index is 0.470. The van der Waals surface area contributed by atoms with Gasteiger partial charge in [-0.3, -0.25) is 4.79 Å². The Morgan fingerprint density at radius 1 is 0.756 bits per heavy atom. The molecular weight excluding hydrogens is 574 g/mol. The second-order valence-electron chi connectivity index (χ2n) is 9.30. The van der Waals surface area contributed by atoms with Crippen LogP contribution in [0.1, 0.15) is 38.2 Å². The van der Waals surface area contributed by atoms with Gasteiger partial charge in [-0.05, 0) is 86.1 Å². The van der Waals surface area contributed by atoms with Crippen LogP contribution >= 0.6 is 0 Å². The van der Waals surface area contributed by atoms with Crippen molar-refractivity contribution in [1.82, 2.24) is 5.32 Å². The van der Waals surface area contributed by atoms with Crippen molar-refractivity contribution in [3.8, 4) is 35.1 Å². The number of hydrogen-bond donors (Lipinski definition) is 3. The number of carbonyl (C=O) groups is 3. The Balaban J connectivity index is 0.000000255. The van der Waals surface area contributed by atoms with E-state index >= 15 is 0 Å². The van der Waals surface area contributed by atoms with E-state index in [0.29, 0.717) is 46.1 Å². The number of aliphatic carboxylic acids is 2. The van der Waals surface area contributed by atoms with Crippen molar-refractivity contribution in [2.24, 2.45) is 0 Å². The van der Waals surface area contributed by atoms with Gasteiger partial charge in [-0.25, -0.2) is 9.59 Å². The maximum absolute atomic E-state index is 10.7. The van der Waals surface area contributed by atoms with Crippen LogP contribution in [0.4, 0.5) is 0 Å². The summed E-state index contributed by atoms with van der Waals surface area (Å²) in [5, 5.41) is 36.8. The van der Waals surface area contributed by atoms with Gasteiger partial charge >= 0.3 is 11.9 Å². The average molecular weight is 606 g/mol. The van der Waals surface area contributed by atoms with Gasteiger partial charge in [-0.1, -0.05) is 36.4 Å². The summed E-state index contributed by atoms with van der Waals surface area (Å²) in [6, 6.07) is 29.8. The summed E-state index contributed by atoms with van der Waals surface area (Å²) in [5.74, 6) is -0.124. The molecule has 0 aromatic heterocycles. The molecule has 0 saturated heterocycles. The molecule has 4 rings (SSSR count). The maximum atomic E-state index is 10.7. The zero-order valence-electron chi connectivity index (χ0n) is 24.9. The number of nitriles is 2. The second kappa shape index (κ2) is 18.3. The monoisotopic (exact) mass is 605 g/mol. The third-order valence-corrected chi connectivity index (χ3v) is 5.61. The number of benzene rings is 4. The summed E-state index contributed by atoms with van der Waals surface area (Å²) in [7, 11) is 1.90. The maximum Gasteiger partial charge on any atom is 0.328 e. The Hall–Kier alpha value is -6.23. The van der Waals surface area contributed by atoms with Gasteiger partial charge in [0.25, 0.3) is 0 Å². The Labute approximate surface area is 261 Å². The molecule has 0 bridgehead atoms. The number of carboxylic acid groups (broad SMARTS) is 2. The predicted octanol–water partition coefficient (Wildman–Crippen LogP) is 6.56. The van der Waals surface area contributed by atoms with E-state index in [1.54, 1.807) is 42.5 Å². The second-order valence-corrected chi connectivity index (χ2v) is 9.30. The minimum atomic E-state index is -1.26. The molecule has 0 fully saturated rings. The van der Waals surface area contributed by atoms with E-state index in [0.717, 1.165) is 35.3 Å². The number of rotatable bonds is 9. The molecule has 0 aliphatic rings. The molecule has 10 heteroatoms.